The minimum absolute atomic E-state index is 0.0164. The number of nitrogens with one attached hydrogen (secondary N) is 4. The molecule has 0 spiro atoms. The standard InChI is InChI=1S/C19H18N4O6S3/c1-13(24)20-14-8-10-15(11-9-14)31(26,27)23-21-19(25)16-5-2-3-6-17(16)22-32(28,29)18-7-4-12-30-18/h2-12,22-23H,1H3,(H,20,24)(H,21,25). The van der Waals surface area contributed by atoms with Gasteiger partial charge in [-0.25, -0.2) is 16.8 Å². The van der Waals surface area contributed by atoms with Crippen LogP contribution in [0, 0.1) is 0 Å². The lowest BCUT2D eigenvalue weighted by atomic mass is 10.2. The predicted octanol–water partition coefficient (Wildman–Crippen LogP) is 2.13. The van der Waals surface area contributed by atoms with Crippen LogP contribution in [0.2, 0.25) is 0 Å². The van der Waals surface area contributed by atoms with E-state index in [1.54, 1.807) is 11.4 Å². The Hall–Kier alpha value is -3.26. The number of rotatable bonds is 8. The van der Waals surface area contributed by atoms with Crippen LogP contribution in [0.1, 0.15) is 17.3 Å². The molecule has 0 unspecified atom stereocenters. The number of hydrogen-bond donors (Lipinski definition) is 4. The average molecular weight is 495 g/mol. The van der Waals surface area contributed by atoms with Crippen LogP contribution in [0.5, 0.6) is 0 Å². The zero-order chi connectivity index (χ0) is 23.4. The van der Waals surface area contributed by atoms with Crippen molar-refractivity contribution in [1.29, 1.82) is 0 Å². The molecular weight excluding hydrogens is 476 g/mol. The van der Waals surface area contributed by atoms with E-state index in [4.69, 9.17) is 0 Å². The highest BCUT2D eigenvalue weighted by Gasteiger charge is 2.21. The highest BCUT2D eigenvalue weighted by Crippen LogP contribution is 2.23. The van der Waals surface area contributed by atoms with Crippen LogP contribution in [0.25, 0.3) is 0 Å². The predicted molar refractivity (Wildman–Crippen MR) is 120 cm³/mol. The van der Waals surface area contributed by atoms with Crippen LogP contribution in [-0.4, -0.2) is 28.6 Å². The Morgan fingerprint density at radius 3 is 2.16 bits per heavy atom. The molecule has 0 aliphatic heterocycles. The summed E-state index contributed by atoms with van der Waals surface area (Å²) in [5, 5.41) is 4.11. The molecule has 1 heterocycles. The van der Waals surface area contributed by atoms with Crippen LogP contribution in [0.4, 0.5) is 11.4 Å². The second kappa shape index (κ2) is 9.48. The summed E-state index contributed by atoms with van der Waals surface area (Å²) in [5.41, 5.74) is 2.37. The summed E-state index contributed by atoms with van der Waals surface area (Å²) in [6.45, 7) is 1.32. The quantitative estimate of drug-likeness (QED) is 0.352. The van der Waals surface area contributed by atoms with Crippen LogP contribution < -0.4 is 20.3 Å². The highest BCUT2D eigenvalue weighted by atomic mass is 32.2. The Kier molecular flexibility index (Phi) is 6.93. The van der Waals surface area contributed by atoms with Crippen LogP contribution in [0.3, 0.4) is 0 Å². The maximum atomic E-state index is 12.6. The van der Waals surface area contributed by atoms with Gasteiger partial charge in [0.1, 0.15) is 4.21 Å². The minimum Gasteiger partial charge on any atom is -0.326 e. The molecule has 0 bridgehead atoms. The Balaban J connectivity index is 1.73. The van der Waals surface area contributed by atoms with Crippen molar-refractivity contribution < 1.29 is 26.4 Å². The van der Waals surface area contributed by atoms with Gasteiger partial charge in [-0.2, -0.15) is 0 Å². The van der Waals surface area contributed by atoms with Crippen LogP contribution in [-0.2, 0) is 24.8 Å². The fourth-order valence-corrected chi connectivity index (χ4v) is 5.45. The van der Waals surface area contributed by atoms with Gasteiger partial charge in [0.25, 0.3) is 26.0 Å². The second-order valence-corrected chi connectivity index (χ2v) is 10.9. The third kappa shape index (κ3) is 5.70. The molecule has 0 aliphatic carbocycles. The van der Waals surface area contributed by atoms with E-state index < -0.39 is 26.0 Å². The number of thiophene rings is 1. The number of hydrazine groups is 1. The van der Waals surface area contributed by atoms with E-state index in [-0.39, 0.29) is 26.3 Å². The Bertz CT molecular complexity index is 1340. The molecule has 0 saturated carbocycles. The van der Waals surface area contributed by atoms with Gasteiger partial charge >= 0.3 is 0 Å². The first-order valence-electron chi connectivity index (χ1n) is 8.94. The summed E-state index contributed by atoms with van der Waals surface area (Å²) >= 11 is 1.01. The first-order chi connectivity index (χ1) is 15.1. The summed E-state index contributed by atoms with van der Waals surface area (Å²) < 4.78 is 52.2. The maximum Gasteiger partial charge on any atom is 0.271 e. The van der Waals surface area contributed by atoms with Gasteiger partial charge in [0, 0.05) is 12.6 Å². The number of amides is 2. The highest BCUT2D eigenvalue weighted by molar-refractivity contribution is 7.94. The van der Waals surface area contributed by atoms with E-state index in [2.05, 4.69) is 15.5 Å². The number of carbonyl (C=O) groups is 2. The van der Waals surface area contributed by atoms with Crippen molar-refractivity contribution in [2.45, 2.75) is 16.0 Å². The van der Waals surface area contributed by atoms with E-state index in [1.165, 1.54) is 61.5 Å². The molecule has 2 aromatic carbocycles. The lowest BCUT2D eigenvalue weighted by molar-refractivity contribution is -0.114. The molecular formula is C19H18N4O6S3. The van der Waals surface area contributed by atoms with Gasteiger partial charge in [-0.15, -0.1) is 16.2 Å². The molecule has 3 rings (SSSR count). The molecule has 0 aliphatic rings. The summed E-state index contributed by atoms with van der Waals surface area (Å²) in [6.07, 6.45) is 0. The van der Waals surface area contributed by atoms with E-state index in [9.17, 15) is 26.4 Å². The Labute approximate surface area is 188 Å². The van der Waals surface area contributed by atoms with Gasteiger partial charge in [-0.05, 0) is 47.8 Å². The second-order valence-electron chi connectivity index (χ2n) is 6.35. The van der Waals surface area contributed by atoms with E-state index in [0.29, 0.717) is 5.69 Å². The fourth-order valence-electron chi connectivity index (χ4n) is 2.54. The van der Waals surface area contributed by atoms with Gasteiger partial charge < -0.3 is 5.32 Å². The number of carbonyl (C=O) groups excluding carboxylic acids is 2. The lowest BCUT2D eigenvalue weighted by Crippen LogP contribution is -2.41. The van der Waals surface area contributed by atoms with E-state index >= 15 is 0 Å². The molecule has 32 heavy (non-hydrogen) atoms. The van der Waals surface area contributed by atoms with Gasteiger partial charge in [0.05, 0.1) is 16.1 Å². The molecule has 0 atom stereocenters. The van der Waals surface area contributed by atoms with E-state index in [1.807, 2.05) is 4.83 Å². The smallest absolute Gasteiger partial charge is 0.271 e. The number of benzene rings is 2. The SMILES string of the molecule is CC(=O)Nc1ccc(S(=O)(=O)NNC(=O)c2ccccc2NS(=O)(=O)c2cccs2)cc1. The van der Waals surface area contributed by atoms with Crippen molar-refractivity contribution in [2.24, 2.45) is 0 Å². The first kappa shape index (κ1) is 23.4. The Morgan fingerprint density at radius 2 is 1.53 bits per heavy atom. The van der Waals surface area contributed by atoms with Crippen molar-refractivity contribution in [3.05, 3.63) is 71.6 Å². The summed E-state index contributed by atoms with van der Waals surface area (Å²) in [4.78, 5) is 25.4. The molecule has 168 valence electrons. The monoisotopic (exact) mass is 494 g/mol. The Morgan fingerprint density at radius 1 is 0.844 bits per heavy atom. The van der Waals surface area contributed by atoms with E-state index in [0.717, 1.165) is 11.3 Å². The molecule has 0 fully saturated rings. The number of hydrogen-bond acceptors (Lipinski definition) is 7. The van der Waals surface area contributed by atoms with Crippen molar-refractivity contribution >= 4 is 54.6 Å². The fraction of sp³-hybridized carbons (Fsp3) is 0.0526. The lowest BCUT2D eigenvalue weighted by Gasteiger charge is -2.13. The maximum absolute atomic E-state index is 12.6. The average Bonchev–Trinajstić information content (AvgIpc) is 3.28. The normalized spacial score (nSPS) is 11.5. The molecule has 0 radical (unpaired) electrons. The molecule has 10 nitrogen and oxygen atoms in total. The minimum atomic E-state index is -4.12. The van der Waals surface area contributed by atoms with Crippen molar-refractivity contribution in [1.82, 2.24) is 10.3 Å². The topological polar surface area (TPSA) is 151 Å². The van der Waals surface area contributed by atoms with Gasteiger partial charge in [-0.3, -0.25) is 19.7 Å². The molecule has 2 amide bonds. The molecule has 0 saturated heterocycles. The number of para-hydroxylation sites is 1. The first-order valence-corrected chi connectivity index (χ1v) is 12.8. The van der Waals surface area contributed by atoms with Crippen LogP contribution in [0.15, 0.2) is 75.1 Å². The molecule has 4 N–H and O–H groups in total. The van der Waals surface area contributed by atoms with Crippen LogP contribution >= 0.6 is 11.3 Å². The molecule has 3 aromatic rings. The van der Waals surface area contributed by atoms with Crippen molar-refractivity contribution in [3.8, 4) is 0 Å². The number of anilines is 2. The van der Waals surface area contributed by atoms with Crippen molar-refractivity contribution in [2.75, 3.05) is 10.0 Å². The zero-order valence-corrected chi connectivity index (χ0v) is 19.0. The summed E-state index contributed by atoms with van der Waals surface area (Å²) in [5.74, 6) is -1.17. The zero-order valence-electron chi connectivity index (χ0n) is 16.5. The third-order valence-electron chi connectivity index (χ3n) is 3.96. The third-order valence-corrected chi connectivity index (χ3v) is 7.99. The largest absolute Gasteiger partial charge is 0.326 e. The van der Waals surface area contributed by atoms with Gasteiger partial charge in [-0.1, -0.05) is 18.2 Å². The summed E-state index contributed by atoms with van der Waals surface area (Å²) in [7, 11) is -8.03. The van der Waals surface area contributed by atoms with Crippen molar-refractivity contribution in [3.63, 3.8) is 0 Å². The van der Waals surface area contributed by atoms with Gasteiger partial charge in [0.15, 0.2) is 0 Å². The molecule has 13 heteroatoms. The van der Waals surface area contributed by atoms with Gasteiger partial charge in [0.2, 0.25) is 5.91 Å². The summed E-state index contributed by atoms with van der Waals surface area (Å²) in [6, 6.07) is 14.1. The number of sulfonamides is 2. The molecule has 1 aromatic heterocycles.